The Morgan fingerprint density at radius 3 is 2.58 bits per heavy atom. The van der Waals surface area contributed by atoms with Gasteiger partial charge in [0, 0.05) is 29.5 Å². The van der Waals surface area contributed by atoms with E-state index in [1.165, 1.54) is 7.11 Å². The summed E-state index contributed by atoms with van der Waals surface area (Å²) in [6.07, 6.45) is 5.15. The highest BCUT2D eigenvalue weighted by atomic mass is 35.5. The van der Waals surface area contributed by atoms with E-state index in [9.17, 15) is 9.59 Å². The Morgan fingerprint density at radius 1 is 1.15 bits per heavy atom. The smallest absolute Gasteiger partial charge is 0.340 e. The molecule has 0 unspecified atom stereocenters. The largest absolute Gasteiger partial charge is 0.465 e. The molecule has 1 amide bonds. The van der Waals surface area contributed by atoms with Gasteiger partial charge in [0.25, 0.3) is 5.91 Å². The Kier molecular flexibility index (Phi) is 6.20. The van der Waals surface area contributed by atoms with E-state index in [4.69, 9.17) is 16.3 Å². The van der Waals surface area contributed by atoms with E-state index in [2.05, 4.69) is 4.98 Å². The number of halogens is 1. The van der Waals surface area contributed by atoms with Crippen molar-refractivity contribution in [1.29, 1.82) is 0 Å². The van der Waals surface area contributed by atoms with Gasteiger partial charge in [-0.3, -0.25) is 9.78 Å². The molecule has 6 nitrogen and oxygen atoms in total. The van der Waals surface area contributed by atoms with Crippen LogP contribution >= 0.6 is 11.6 Å². The average molecular weight is 462 g/mol. The van der Waals surface area contributed by atoms with Crippen LogP contribution in [0.25, 0.3) is 11.8 Å². The van der Waals surface area contributed by atoms with Gasteiger partial charge in [0.1, 0.15) is 0 Å². The van der Waals surface area contributed by atoms with Crippen LogP contribution in [0.2, 0.25) is 5.02 Å². The molecule has 1 aliphatic heterocycles. The van der Waals surface area contributed by atoms with E-state index < -0.39 is 5.97 Å². The van der Waals surface area contributed by atoms with Gasteiger partial charge >= 0.3 is 5.97 Å². The van der Waals surface area contributed by atoms with Crippen LogP contribution in [-0.4, -0.2) is 33.4 Å². The Morgan fingerprint density at radius 2 is 1.91 bits per heavy atom. The van der Waals surface area contributed by atoms with E-state index in [0.717, 1.165) is 28.2 Å². The number of benzene rings is 1. The van der Waals surface area contributed by atoms with E-state index in [-0.39, 0.29) is 11.5 Å². The third-order valence-corrected chi connectivity index (χ3v) is 6.15. The second kappa shape index (κ2) is 9.08. The van der Waals surface area contributed by atoms with Gasteiger partial charge < -0.3 is 14.2 Å². The number of allylic oxidation sites excluding steroid dienone is 1. The number of rotatable bonds is 5. The van der Waals surface area contributed by atoms with Crippen LogP contribution < -0.4 is 0 Å². The molecular formula is C26H24ClN3O3. The van der Waals surface area contributed by atoms with Crippen molar-refractivity contribution in [3.8, 4) is 5.69 Å². The van der Waals surface area contributed by atoms with Crippen molar-refractivity contribution in [1.82, 2.24) is 14.5 Å². The quantitative estimate of drug-likeness (QED) is 0.395. The average Bonchev–Trinajstić information content (AvgIpc) is 3.21. The lowest BCUT2D eigenvalue weighted by atomic mass is 10.0. The van der Waals surface area contributed by atoms with Crippen LogP contribution in [0, 0.1) is 13.8 Å². The number of carbonyl (C=O) groups is 2. The summed E-state index contributed by atoms with van der Waals surface area (Å²) in [5.74, 6) is -0.792. The zero-order valence-electron chi connectivity index (χ0n) is 18.9. The lowest BCUT2D eigenvalue weighted by Crippen LogP contribution is -2.24. The van der Waals surface area contributed by atoms with Gasteiger partial charge in [0.15, 0.2) is 0 Å². The third-order valence-electron chi connectivity index (χ3n) is 5.83. The van der Waals surface area contributed by atoms with E-state index in [1.807, 2.05) is 60.9 Å². The number of esters is 1. The summed E-state index contributed by atoms with van der Waals surface area (Å²) in [5, 5.41) is 0.629. The zero-order chi connectivity index (χ0) is 23.7. The summed E-state index contributed by atoms with van der Waals surface area (Å²) >= 11 is 6.43. The molecule has 0 saturated heterocycles. The first-order chi connectivity index (χ1) is 15.8. The zero-order valence-corrected chi connectivity index (χ0v) is 19.7. The molecule has 2 aromatic heterocycles. The number of aryl methyl sites for hydroxylation is 1. The summed E-state index contributed by atoms with van der Waals surface area (Å²) < 4.78 is 7.05. The topological polar surface area (TPSA) is 64.4 Å². The molecule has 0 atom stereocenters. The second-order valence-electron chi connectivity index (χ2n) is 7.88. The minimum atomic E-state index is -0.541. The number of hydrogen-bond acceptors (Lipinski definition) is 4. The second-order valence-corrected chi connectivity index (χ2v) is 8.28. The highest BCUT2D eigenvalue weighted by molar-refractivity contribution is 6.32. The number of para-hydroxylation sites is 1. The summed E-state index contributed by atoms with van der Waals surface area (Å²) in [6, 6.07) is 13.3. The normalized spacial score (nSPS) is 15.0. The maximum absolute atomic E-state index is 13.4. The summed E-state index contributed by atoms with van der Waals surface area (Å²) in [4.78, 5) is 31.8. The van der Waals surface area contributed by atoms with Gasteiger partial charge in [-0.2, -0.15) is 0 Å². The maximum Gasteiger partial charge on any atom is 0.340 e. The molecule has 0 spiro atoms. The lowest BCUT2D eigenvalue weighted by molar-refractivity contribution is -0.136. The van der Waals surface area contributed by atoms with Crippen LogP contribution in [0.5, 0.6) is 0 Å². The maximum atomic E-state index is 13.4. The Hall–Kier alpha value is -3.64. The van der Waals surface area contributed by atoms with Gasteiger partial charge in [0.2, 0.25) is 0 Å². The predicted molar refractivity (Wildman–Crippen MR) is 128 cm³/mol. The number of carbonyl (C=O) groups excluding carboxylic acids is 2. The van der Waals surface area contributed by atoms with Crippen molar-refractivity contribution >= 4 is 29.6 Å². The number of amides is 1. The molecule has 0 saturated carbocycles. The van der Waals surface area contributed by atoms with Crippen LogP contribution in [0.4, 0.5) is 0 Å². The molecule has 168 valence electrons. The molecule has 1 aromatic carbocycles. The fourth-order valence-corrected chi connectivity index (χ4v) is 4.41. The van der Waals surface area contributed by atoms with Crippen molar-refractivity contribution in [2.45, 2.75) is 27.3 Å². The van der Waals surface area contributed by atoms with Crippen molar-refractivity contribution < 1.29 is 14.3 Å². The number of aromatic nitrogens is 2. The minimum Gasteiger partial charge on any atom is -0.465 e. The summed E-state index contributed by atoms with van der Waals surface area (Å²) in [6.45, 7) is 6.01. The van der Waals surface area contributed by atoms with Crippen LogP contribution in [-0.2, 0) is 20.9 Å². The molecule has 3 heterocycles. The monoisotopic (exact) mass is 461 g/mol. The van der Waals surface area contributed by atoms with E-state index in [0.29, 0.717) is 22.8 Å². The molecule has 0 fully saturated rings. The summed E-state index contributed by atoms with van der Waals surface area (Å²) in [7, 11) is 1.32. The molecule has 3 aromatic rings. The van der Waals surface area contributed by atoms with Crippen LogP contribution in [0.15, 0.2) is 71.7 Å². The van der Waals surface area contributed by atoms with Gasteiger partial charge in [-0.25, -0.2) is 4.79 Å². The SMILES string of the molecule is COC(=O)C1=C(C)N(Cc2cccnc2)C(=O)/C1=C\c1cc(C)n(-c2ccccc2Cl)c1C. The highest BCUT2D eigenvalue weighted by Gasteiger charge is 2.37. The molecule has 0 radical (unpaired) electrons. The summed E-state index contributed by atoms with van der Waals surface area (Å²) in [5.41, 5.74) is 5.56. The number of nitrogens with zero attached hydrogens (tertiary/aromatic N) is 3. The minimum absolute atomic E-state index is 0.251. The first-order valence-corrected chi connectivity index (χ1v) is 10.9. The Balaban J connectivity index is 1.80. The first kappa shape index (κ1) is 22.6. The van der Waals surface area contributed by atoms with Crippen molar-refractivity contribution in [2.24, 2.45) is 0 Å². The number of pyridine rings is 1. The van der Waals surface area contributed by atoms with Gasteiger partial charge in [-0.15, -0.1) is 0 Å². The van der Waals surface area contributed by atoms with E-state index in [1.54, 1.807) is 30.3 Å². The van der Waals surface area contributed by atoms with Gasteiger partial charge in [-0.1, -0.05) is 29.8 Å². The number of ether oxygens (including phenoxy) is 1. The standard InChI is InChI=1S/C26H24ClN3O3/c1-16-12-20(17(2)30(16)23-10-6-5-9-22(23)27)13-21-24(26(32)33-4)18(3)29(25(21)31)15-19-8-7-11-28-14-19/h5-14H,15H2,1-4H3/b21-13-. The highest BCUT2D eigenvalue weighted by Crippen LogP contribution is 2.34. The number of methoxy groups -OCH3 is 1. The Bertz CT molecular complexity index is 1310. The third kappa shape index (κ3) is 4.10. The van der Waals surface area contributed by atoms with Crippen molar-refractivity contribution in [3.05, 3.63) is 99.2 Å². The van der Waals surface area contributed by atoms with Crippen LogP contribution in [0.3, 0.4) is 0 Å². The van der Waals surface area contributed by atoms with Crippen molar-refractivity contribution in [2.75, 3.05) is 7.11 Å². The molecule has 0 bridgehead atoms. The van der Waals surface area contributed by atoms with Crippen molar-refractivity contribution in [3.63, 3.8) is 0 Å². The molecule has 33 heavy (non-hydrogen) atoms. The number of hydrogen-bond donors (Lipinski definition) is 0. The molecule has 4 rings (SSSR count). The molecule has 0 N–H and O–H groups in total. The molecule has 1 aliphatic rings. The molecule has 7 heteroatoms. The fraction of sp³-hybridized carbons (Fsp3) is 0.192. The Labute approximate surface area is 197 Å². The predicted octanol–water partition coefficient (Wildman–Crippen LogP) is 5.02. The van der Waals surface area contributed by atoms with E-state index >= 15 is 0 Å². The molecule has 0 aliphatic carbocycles. The first-order valence-electron chi connectivity index (χ1n) is 10.5. The lowest BCUT2D eigenvalue weighted by Gasteiger charge is -2.17. The van der Waals surface area contributed by atoms with Crippen LogP contribution in [0.1, 0.15) is 29.4 Å². The van der Waals surface area contributed by atoms with Gasteiger partial charge in [-0.05, 0) is 62.2 Å². The van der Waals surface area contributed by atoms with Gasteiger partial charge in [0.05, 0.1) is 35.5 Å². The fourth-order valence-electron chi connectivity index (χ4n) is 4.19. The molecular weight excluding hydrogens is 438 g/mol.